The molecule has 0 aromatic rings. The van der Waals surface area contributed by atoms with Crippen molar-refractivity contribution in [2.75, 3.05) is 19.0 Å². The van der Waals surface area contributed by atoms with Crippen LogP contribution < -0.4 is 10.6 Å². The summed E-state index contributed by atoms with van der Waals surface area (Å²) in [7, 11) is 0. The summed E-state index contributed by atoms with van der Waals surface area (Å²) in [6, 6.07) is -0.639. The summed E-state index contributed by atoms with van der Waals surface area (Å²) < 4.78 is 5.07. The first-order chi connectivity index (χ1) is 8.51. The standard InChI is InChI=1S/C9H17ClN2O6/c10-1-2-11-9(17)12-8-7(16)6(15)5(14)4(3-13)18-8/h4-8,13-16H,1-3H2,(H2,11,12,17)/t4-,5-,6+,7-,8-/m1/s1. The van der Waals surface area contributed by atoms with E-state index in [4.69, 9.17) is 21.4 Å². The number of aliphatic hydroxyl groups excluding tert-OH is 4. The molecule has 1 aliphatic rings. The van der Waals surface area contributed by atoms with Crippen molar-refractivity contribution >= 4 is 17.6 Å². The third-order valence-corrected chi connectivity index (χ3v) is 2.73. The second-order valence-electron chi connectivity index (χ2n) is 3.84. The van der Waals surface area contributed by atoms with Crippen molar-refractivity contribution in [2.24, 2.45) is 0 Å². The maximum absolute atomic E-state index is 11.3. The van der Waals surface area contributed by atoms with Crippen LogP contribution in [0.2, 0.25) is 0 Å². The van der Waals surface area contributed by atoms with Crippen LogP contribution in [0.4, 0.5) is 4.79 Å². The van der Waals surface area contributed by atoms with Gasteiger partial charge >= 0.3 is 6.03 Å². The van der Waals surface area contributed by atoms with Gasteiger partial charge in [0.25, 0.3) is 0 Å². The molecule has 8 nitrogen and oxygen atoms in total. The minimum absolute atomic E-state index is 0.224. The van der Waals surface area contributed by atoms with E-state index in [-0.39, 0.29) is 12.4 Å². The Labute approximate surface area is 109 Å². The molecule has 0 spiro atoms. The van der Waals surface area contributed by atoms with Crippen LogP contribution in [0.1, 0.15) is 0 Å². The van der Waals surface area contributed by atoms with Crippen molar-refractivity contribution in [1.82, 2.24) is 10.6 Å². The molecule has 6 N–H and O–H groups in total. The number of hydrogen-bond acceptors (Lipinski definition) is 6. The largest absolute Gasteiger partial charge is 0.394 e. The molecule has 0 radical (unpaired) electrons. The second kappa shape index (κ2) is 7.07. The van der Waals surface area contributed by atoms with Gasteiger partial charge in [-0.15, -0.1) is 11.6 Å². The lowest BCUT2D eigenvalue weighted by molar-refractivity contribution is -0.233. The molecule has 18 heavy (non-hydrogen) atoms. The van der Waals surface area contributed by atoms with Crippen LogP contribution in [-0.2, 0) is 4.74 Å². The number of alkyl halides is 1. The van der Waals surface area contributed by atoms with E-state index in [0.717, 1.165) is 0 Å². The topological polar surface area (TPSA) is 131 Å². The Morgan fingerprint density at radius 1 is 1.22 bits per heavy atom. The normalized spacial score (nSPS) is 36.2. The monoisotopic (exact) mass is 284 g/mol. The minimum atomic E-state index is -1.52. The zero-order chi connectivity index (χ0) is 13.7. The Bertz CT molecular complexity index is 280. The molecule has 106 valence electrons. The molecule has 0 aromatic heterocycles. The first kappa shape index (κ1) is 15.4. The molecule has 1 aliphatic heterocycles. The van der Waals surface area contributed by atoms with Crippen molar-refractivity contribution in [3.63, 3.8) is 0 Å². The second-order valence-corrected chi connectivity index (χ2v) is 4.22. The zero-order valence-electron chi connectivity index (χ0n) is 9.49. The van der Waals surface area contributed by atoms with Gasteiger partial charge in [-0.2, -0.15) is 0 Å². The Morgan fingerprint density at radius 2 is 1.89 bits per heavy atom. The molecule has 1 rings (SSSR count). The number of ether oxygens (including phenoxy) is 1. The molecule has 5 atom stereocenters. The third-order valence-electron chi connectivity index (χ3n) is 2.55. The van der Waals surface area contributed by atoms with Gasteiger partial charge in [-0.1, -0.05) is 0 Å². The van der Waals surface area contributed by atoms with Crippen molar-refractivity contribution in [1.29, 1.82) is 0 Å². The van der Waals surface area contributed by atoms with E-state index < -0.39 is 43.3 Å². The molecule has 9 heteroatoms. The van der Waals surface area contributed by atoms with E-state index in [1.54, 1.807) is 0 Å². The lowest BCUT2D eigenvalue weighted by atomic mass is 9.98. The van der Waals surface area contributed by atoms with Gasteiger partial charge in [0.15, 0.2) is 6.23 Å². The highest BCUT2D eigenvalue weighted by atomic mass is 35.5. The summed E-state index contributed by atoms with van der Waals surface area (Å²) in [6.45, 7) is -0.322. The summed E-state index contributed by atoms with van der Waals surface area (Å²) in [5, 5.41) is 42.2. The van der Waals surface area contributed by atoms with Crippen LogP contribution in [0, 0.1) is 0 Å². The zero-order valence-corrected chi connectivity index (χ0v) is 10.2. The fourth-order valence-electron chi connectivity index (χ4n) is 1.56. The van der Waals surface area contributed by atoms with E-state index in [0.29, 0.717) is 0 Å². The van der Waals surface area contributed by atoms with Gasteiger partial charge in [0.1, 0.15) is 24.4 Å². The molecule has 0 aromatic carbocycles. The minimum Gasteiger partial charge on any atom is -0.394 e. The van der Waals surface area contributed by atoms with Gasteiger partial charge in [0.05, 0.1) is 6.61 Å². The molecule has 1 saturated heterocycles. The number of aliphatic hydroxyl groups is 4. The Hall–Kier alpha value is -0.640. The lowest BCUT2D eigenvalue weighted by Gasteiger charge is -2.40. The number of halogens is 1. The van der Waals surface area contributed by atoms with Crippen LogP contribution in [0.25, 0.3) is 0 Å². The fraction of sp³-hybridized carbons (Fsp3) is 0.889. The van der Waals surface area contributed by atoms with Crippen molar-refractivity contribution < 1.29 is 30.0 Å². The van der Waals surface area contributed by atoms with Crippen LogP contribution in [-0.4, -0.2) is 76.1 Å². The number of nitrogens with one attached hydrogen (secondary N) is 2. The Kier molecular flexibility index (Phi) is 6.06. The van der Waals surface area contributed by atoms with Crippen LogP contribution in [0.15, 0.2) is 0 Å². The average molecular weight is 285 g/mol. The first-order valence-electron chi connectivity index (χ1n) is 5.42. The summed E-state index contributed by atoms with van der Waals surface area (Å²) in [6.07, 6.45) is -6.75. The molecule has 1 heterocycles. The number of rotatable bonds is 4. The highest BCUT2D eigenvalue weighted by molar-refractivity contribution is 6.18. The predicted molar refractivity (Wildman–Crippen MR) is 61.0 cm³/mol. The van der Waals surface area contributed by atoms with Gasteiger partial charge in [0, 0.05) is 12.4 Å². The molecule has 0 unspecified atom stereocenters. The molecular formula is C9H17ClN2O6. The van der Waals surface area contributed by atoms with Crippen molar-refractivity contribution in [3.05, 3.63) is 0 Å². The predicted octanol–water partition coefficient (Wildman–Crippen LogP) is -2.68. The molecular weight excluding hydrogens is 268 g/mol. The van der Waals surface area contributed by atoms with E-state index in [1.165, 1.54) is 0 Å². The first-order valence-corrected chi connectivity index (χ1v) is 5.95. The molecule has 1 fully saturated rings. The fourth-order valence-corrected chi connectivity index (χ4v) is 1.66. The Balaban J connectivity index is 2.56. The maximum atomic E-state index is 11.3. The highest BCUT2D eigenvalue weighted by Crippen LogP contribution is 2.19. The molecule has 2 amide bonds. The summed E-state index contributed by atoms with van der Waals surface area (Å²) in [5.74, 6) is 0.224. The number of carbonyl (C=O) groups excluding carboxylic acids is 1. The third kappa shape index (κ3) is 3.67. The quantitative estimate of drug-likeness (QED) is 0.312. The van der Waals surface area contributed by atoms with Gasteiger partial charge in [-0.25, -0.2) is 4.79 Å². The summed E-state index contributed by atoms with van der Waals surface area (Å²) in [4.78, 5) is 11.3. The van der Waals surface area contributed by atoms with E-state index in [1.807, 2.05) is 0 Å². The molecule has 0 saturated carbocycles. The van der Waals surface area contributed by atoms with Gasteiger partial charge in [-0.3, -0.25) is 0 Å². The van der Waals surface area contributed by atoms with E-state index >= 15 is 0 Å². The van der Waals surface area contributed by atoms with Crippen LogP contribution in [0.5, 0.6) is 0 Å². The highest BCUT2D eigenvalue weighted by Gasteiger charge is 2.43. The van der Waals surface area contributed by atoms with Crippen LogP contribution >= 0.6 is 11.6 Å². The lowest BCUT2D eigenvalue weighted by Crippen LogP contribution is -2.64. The van der Waals surface area contributed by atoms with Crippen molar-refractivity contribution in [2.45, 2.75) is 30.6 Å². The number of hydrogen-bond donors (Lipinski definition) is 6. The number of amides is 2. The van der Waals surface area contributed by atoms with E-state index in [9.17, 15) is 20.1 Å². The Morgan fingerprint density at radius 3 is 2.44 bits per heavy atom. The smallest absolute Gasteiger partial charge is 0.316 e. The maximum Gasteiger partial charge on any atom is 0.316 e. The van der Waals surface area contributed by atoms with Crippen LogP contribution in [0.3, 0.4) is 0 Å². The molecule has 0 bridgehead atoms. The number of carbonyl (C=O) groups is 1. The van der Waals surface area contributed by atoms with Gasteiger partial charge in [0.2, 0.25) is 0 Å². The number of urea groups is 1. The van der Waals surface area contributed by atoms with Gasteiger partial charge in [-0.05, 0) is 0 Å². The summed E-state index contributed by atoms with van der Waals surface area (Å²) in [5.41, 5.74) is 0. The molecule has 0 aliphatic carbocycles. The van der Waals surface area contributed by atoms with Crippen molar-refractivity contribution in [3.8, 4) is 0 Å². The SMILES string of the molecule is O=C(NCCCl)N[C@@H]1O[C@H](CO)[C@@H](O)[C@H](O)[C@H]1O. The van der Waals surface area contributed by atoms with E-state index in [2.05, 4.69) is 10.6 Å². The average Bonchev–Trinajstić information content (AvgIpc) is 2.37. The summed E-state index contributed by atoms with van der Waals surface area (Å²) >= 11 is 5.38. The van der Waals surface area contributed by atoms with Gasteiger partial charge < -0.3 is 35.8 Å².